The van der Waals surface area contributed by atoms with Crippen LogP contribution in [0.3, 0.4) is 0 Å². The van der Waals surface area contributed by atoms with Crippen molar-refractivity contribution in [2.24, 2.45) is 0 Å². The van der Waals surface area contributed by atoms with Gasteiger partial charge in [0.25, 0.3) is 0 Å². The van der Waals surface area contributed by atoms with E-state index >= 15 is 0 Å². The molecule has 0 atom stereocenters. The third kappa shape index (κ3) is 4.40. The fraction of sp³-hybridized carbons (Fsp3) is 0.533. The van der Waals surface area contributed by atoms with Crippen LogP contribution in [0.1, 0.15) is 19.8 Å². The molecule has 1 aliphatic heterocycles. The van der Waals surface area contributed by atoms with Crippen LogP contribution in [0.15, 0.2) is 18.2 Å². The summed E-state index contributed by atoms with van der Waals surface area (Å²) in [6.07, 6.45) is 1.98. The second-order valence-electron chi connectivity index (χ2n) is 5.76. The molecule has 1 aromatic carbocycles. The molecule has 0 aromatic heterocycles. The molecule has 6 heteroatoms. The summed E-state index contributed by atoms with van der Waals surface area (Å²) < 4.78 is 13.6. The van der Waals surface area contributed by atoms with E-state index in [0.717, 1.165) is 25.9 Å². The largest absolute Gasteiger partial charge is 0.322 e. The topological polar surface area (TPSA) is 44.4 Å². The van der Waals surface area contributed by atoms with Gasteiger partial charge in [-0.1, -0.05) is 11.6 Å². The van der Waals surface area contributed by atoms with Gasteiger partial charge in [-0.15, -0.1) is 0 Å². The lowest BCUT2D eigenvalue weighted by Gasteiger charge is -2.39. The van der Waals surface area contributed by atoms with Gasteiger partial charge in [0.1, 0.15) is 5.82 Å². The van der Waals surface area contributed by atoms with Crippen molar-refractivity contribution in [1.29, 1.82) is 0 Å². The number of hydrogen-bond donors (Lipinski definition) is 2. The van der Waals surface area contributed by atoms with Crippen molar-refractivity contribution in [3.8, 4) is 0 Å². The van der Waals surface area contributed by atoms with E-state index in [2.05, 4.69) is 22.5 Å². The molecule has 0 unspecified atom stereocenters. The number of nitrogens with zero attached hydrogens (tertiary/aromatic N) is 1. The van der Waals surface area contributed by atoms with Crippen LogP contribution < -0.4 is 10.6 Å². The molecule has 0 radical (unpaired) electrons. The predicted octanol–water partition coefficient (Wildman–Crippen LogP) is 2.49. The van der Waals surface area contributed by atoms with Gasteiger partial charge in [-0.05, 0) is 45.0 Å². The Morgan fingerprint density at radius 3 is 2.67 bits per heavy atom. The van der Waals surface area contributed by atoms with Crippen LogP contribution in [0.4, 0.5) is 10.1 Å². The number of halogens is 2. The first-order chi connectivity index (χ1) is 9.92. The predicted molar refractivity (Wildman–Crippen MR) is 83.2 cm³/mol. The molecule has 116 valence electrons. The number of amides is 1. The fourth-order valence-corrected chi connectivity index (χ4v) is 2.60. The minimum Gasteiger partial charge on any atom is -0.322 e. The first-order valence-corrected chi connectivity index (χ1v) is 7.46. The Kier molecular flexibility index (Phi) is 5.19. The van der Waals surface area contributed by atoms with Crippen LogP contribution in [0.2, 0.25) is 5.02 Å². The van der Waals surface area contributed by atoms with E-state index < -0.39 is 5.82 Å². The Bertz CT molecular complexity index is 516. The van der Waals surface area contributed by atoms with Gasteiger partial charge in [0, 0.05) is 23.7 Å². The molecule has 2 N–H and O–H groups in total. The number of piperidine rings is 1. The maximum atomic E-state index is 13.6. The lowest BCUT2D eigenvalue weighted by atomic mass is 9.90. The Labute approximate surface area is 129 Å². The Morgan fingerprint density at radius 2 is 2.10 bits per heavy atom. The van der Waals surface area contributed by atoms with Gasteiger partial charge in [0.15, 0.2) is 0 Å². The maximum absolute atomic E-state index is 13.6. The number of nitrogens with one attached hydrogen (secondary N) is 2. The molecule has 1 saturated heterocycles. The molecule has 1 amide bonds. The van der Waals surface area contributed by atoms with Gasteiger partial charge in [0.05, 0.1) is 12.2 Å². The van der Waals surface area contributed by atoms with Crippen LogP contribution in [0.5, 0.6) is 0 Å². The van der Waals surface area contributed by atoms with Crippen molar-refractivity contribution in [1.82, 2.24) is 10.2 Å². The number of likely N-dealkylation sites (tertiary alicyclic amines) is 1. The third-order valence-corrected chi connectivity index (χ3v) is 4.37. The number of benzene rings is 1. The minimum atomic E-state index is -0.516. The summed E-state index contributed by atoms with van der Waals surface area (Å²) in [7, 11) is 1.96. The van der Waals surface area contributed by atoms with Crippen LogP contribution >= 0.6 is 11.6 Å². The zero-order valence-electron chi connectivity index (χ0n) is 12.4. The van der Waals surface area contributed by atoms with Crippen molar-refractivity contribution in [3.63, 3.8) is 0 Å². The van der Waals surface area contributed by atoms with Crippen molar-refractivity contribution in [2.75, 3.05) is 32.0 Å². The van der Waals surface area contributed by atoms with Crippen LogP contribution in [-0.4, -0.2) is 43.0 Å². The minimum absolute atomic E-state index is 0.148. The smallest absolute Gasteiger partial charge is 0.238 e. The van der Waals surface area contributed by atoms with Gasteiger partial charge in [0.2, 0.25) is 5.91 Å². The van der Waals surface area contributed by atoms with Crippen molar-refractivity contribution >= 4 is 23.2 Å². The average molecular weight is 314 g/mol. The highest BCUT2D eigenvalue weighted by Crippen LogP contribution is 2.21. The van der Waals surface area contributed by atoms with Crippen LogP contribution in [-0.2, 0) is 4.79 Å². The highest BCUT2D eigenvalue weighted by atomic mass is 35.5. The fourth-order valence-electron chi connectivity index (χ4n) is 2.44. The highest BCUT2D eigenvalue weighted by Gasteiger charge is 2.28. The summed E-state index contributed by atoms with van der Waals surface area (Å²) in [5.74, 6) is -0.721. The third-order valence-electron chi connectivity index (χ3n) is 4.14. The number of anilines is 1. The average Bonchev–Trinajstić information content (AvgIpc) is 2.45. The maximum Gasteiger partial charge on any atom is 0.238 e. The standard InChI is InChI=1S/C15H21ClFN3O/c1-15(18-2)5-7-20(8-6-15)10-14(21)19-13-4-3-11(16)9-12(13)17/h3-4,9,18H,5-8,10H2,1-2H3,(H,19,21). The molecule has 0 spiro atoms. The Hall–Kier alpha value is -1.17. The number of hydrogen-bond acceptors (Lipinski definition) is 3. The summed E-state index contributed by atoms with van der Waals surface area (Å²) in [6.45, 7) is 4.18. The number of rotatable bonds is 4. The summed E-state index contributed by atoms with van der Waals surface area (Å²) in [5.41, 5.74) is 0.316. The molecule has 1 aliphatic rings. The molecule has 1 heterocycles. The summed E-state index contributed by atoms with van der Waals surface area (Å²) in [5, 5.41) is 6.22. The van der Waals surface area contributed by atoms with Crippen LogP contribution in [0, 0.1) is 5.82 Å². The molecule has 21 heavy (non-hydrogen) atoms. The second-order valence-corrected chi connectivity index (χ2v) is 6.20. The molecule has 0 aliphatic carbocycles. The molecule has 0 saturated carbocycles. The summed E-state index contributed by atoms with van der Waals surface area (Å²) in [4.78, 5) is 14.1. The van der Waals surface area contributed by atoms with Crippen LogP contribution in [0.25, 0.3) is 0 Å². The molecular formula is C15H21ClFN3O. The van der Waals surface area contributed by atoms with Gasteiger partial charge >= 0.3 is 0 Å². The molecular weight excluding hydrogens is 293 g/mol. The molecule has 1 aromatic rings. The molecule has 4 nitrogen and oxygen atoms in total. The van der Waals surface area contributed by atoms with Crippen molar-refractivity contribution in [2.45, 2.75) is 25.3 Å². The first-order valence-electron chi connectivity index (χ1n) is 7.08. The summed E-state index contributed by atoms with van der Waals surface area (Å²) in [6, 6.07) is 4.22. The zero-order chi connectivity index (χ0) is 15.5. The highest BCUT2D eigenvalue weighted by molar-refractivity contribution is 6.30. The lowest BCUT2D eigenvalue weighted by Crippen LogP contribution is -2.51. The van der Waals surface area contributed by atoms with Crippen molar-refractivity contribution in [3.05, 3.63) is 29.0 Å². The van der Waals surface area contributed by atoms with Gasteiger partial charge < -0.3 is 10.6 Å². The second kappa shape index (κ2) is 6.73. The van der Waals surface area contributed by atoms with Gasteiger partial charge in [-0.2, -0.15) is 0 Å². The summed E-state index contributed by atoms with van der Waals surface area (Å²) >= 11 is 5.68. The Morgan fingerprint density at radius 1 is 1.43 bits per heavy atom. The number of carbonyl (C=O) groups excluding carboxylic acids is 1. The van der Waals surface area contributed by atoms with E-state index in [9.17, 15) is 9.18 Å². The van der Waals surface area contributed by atoms with E-state index in [1.807, 2.05) is 7.05 Å². The zero-order valence-corrected chi connectivity index (χ0v) is 13.1. The quantitative estimate of drug-likeness (QED) is 0.897. The molecule has 1 fully saturated rings. The lowest BCUT2D eigenvalue weighted by molar-refractivity contribution is -0.117. The Balaban J connectivity index is 1.85. The van der Waals surface area contributed by atoms with Crippen molar-refractivity contribution < 1.29 is 9.18 Å². The number of carbonyl (C=O) groups is 1. The molecule has 0 bridgehead atoms. The normalized spacial score (nSPS) is 18.5. The van der Waals surface area contributed by atoms with E-state index in [-0.39, 0.29) is 23.7 Å². The van der Waals surface area contributed by atoms with Gasteiger partial charge in [-0.25, -0.2) is 4.39 Å². The SMILES string of the molecule is CNC1(C)CCN(CC(=O)Nc2ccc(Cl)cc2F)CC1. The van der Waals surface area contributed by atoms with E-state index in [0.29, 0.717) is 5.02 Å². The van der Waals surface area contributed by atoms with E-state index in [1.54, 1.807) is 6.07 Å². The van der Waals surface area contributed by atoms with E-state index in [1.165, 1.54) is 12.1 Å². The molecule has 2 rings (SSSR count). The van der Waals surface area contributed by atoms with Gasteiger partial charge in [-0.3, -0.25) is 9.69 Å². The van der Waals surface area contributed by atoms with E-state index in [4.69, 9.17) is 11.6 Å². The monoisotopic (exact) mass is 313 g/mol. The first kappa shape index (κ1) is 16.2.